The molecule has 2 aliphatic heterocycles. The molecule has 0 radical (unpaired) electrons. The molecular weight excluding hydrogens is 350 g/mol. The lowest BCUT2D eigenvalue weighted by atomic mass is 9.95. The Hall–Kier alpha value is -2.50. The number of hydrogen-bond donors (Lipinski definition) is 1. The zero-order valence-electron chi connectivity index (χ0n) is 16.3. The summed E-state index contributed by atoms with van der Waals surface area (Å²) in [6, 6.07) is 10.6. The van der Waals surface area contributed by atoms with Crippen molar-refractivity contribution in [1.29, 1.82) is 0 Å². The Kier molecular flexibility index (Phi) is 3.93. The Morgan fingerprint density at radius 1 is 1.25 bits per heavy atom. The predicted molar refractivity (Wildman–Crippen MR) is 108 cm³/mol. The van der Waals surface area contributed by atoms with Crippen LogP contribution in [0.25, 0.3) is 10.9 Å². The first-order chi connectivity index (χ1) is 13.5. The lowest BCUT2D eigenvalue weighted by Crippen LogP contribution is -2.36. The minimum atomic E-state index is -1.05. The van der Waals surface area contributed by atoms with Crippen LogP contribution >= 0.6 is 0 Å². The van der Waals surface area contributed by atoms with Gasteiger partial charge in [0.05, 0.1) is 12.1 Å². The average Bonchev–Trinajstić information content (AvgIpc) is 3.12. The van der Waals surface area contributed by atoms with Crippen LogP contribution in [-0.4, -0.2) is 38.9 Å². The fraction of sp³-hybridized carbons (Fsp3) is 0.391. The number of likely N-dealkylation sites (N-methyl/N-ethyl adjacent to an activating group) is 1. The molecule has 1 fully saturated rings. The SMILES string of the molecule is CN1C2CCC1c1c(n(CC(C)(O)c3ccncc3)c3c(C=O)cccc13)C2. The summed E-state index contributed by atoms with van der Waals surface area (Å²) in [5.41, 5.74) is 4.05. The highest BCUT2D eigenvalue weighted by Crippen LogP contribution is 2.47. The molecule has 5 heteroatoms. The molecule has 2 aliphatic rings. The molecule has 5 nitrogen and oxygen atoms in total. The van der Waals surface area contributed by atoms with Crippen molar-refractivity contribution < 1.29 is 9.90 Å². The second-order valence-electron chi connectivity index (χ2n) is 8.43. The van der Waals surface area contributed by atoms with E-state index in [1.807, 2.05) is 31.2 Å². The van der Waals surface area contributed by atoms with Gasteiger partial charge in [0, 0.05) is 47.5 Å². The number of nitrogens with zero attached hydrogens (tertiary/aromatic N) is 3. The normalized spacial score (nSPS) is 23.5. The number of aromatic nitrogens is 2. The third kappa shape index (κ3) is 2.46. The molecule has 3 aromatic rings. The summed E-state index contributed by atoms with van der Waals surface area (Å²) in [7, 11) is 2.21. The summed E-state index contributed by atoms with van der Waals surface area (Å²) in [5, 5.41) is 12.5. The molecular formula is C23H25N3O2. The Labute approximate surface area is 164 Å². The van der Waals surface area contributed by atoms with Gasteiger partial charge in [0.15, 0.2) is 6.29 Å². The van der Waals surface area contributed by atoms with Crippen molar-refractivity contribution in [3.05, 3.63) is 65.1 Å². The number of pyridine rings is 1. The Balaban J connectivity index is 1.73. The van der Waals surface area contributed by atoms with Crippen molar-refractivity contribution in [3.8, 4) is 0 Å². The van der Waals surface area contributed by atoms with E-state index in [0.717, 1.165) is 35.6 Å². The molecule has 0 aliphatic carbocycles. The summed E-state index contributed by atoms with van der Waals surface area (Å²) in [4.78, 5) is 18.4. The van der Waals surface area contributed by atoms with Crippen LogP contribution in [0.1, 0.15) is 53.0 Å². The average molecular weight is 375 g/mol. The molecule has 1 aromatic carbocycles. The highest BCUT2D eigenvalue weighted by atomic mass is 16.3. The fourth-order valence-electron chi connectivity index (χ4n) is 5.32. The topological polar surface area (TPSA) is 58.4 Å². The van der Waals surface area contributed by atoms with Crippen LogP contribution in [0.3, 0.4) is 0 Å². The van der Waals surface area contributed by atoms with E-state index in [1.54, 1.807) is 12.4 Å². The van der Waals surface area contributed by atoms with E-state index in [4.69, 9.17) is 0 Å². The number of fused-ring (bicyclic) bond motifs is 6. The summed E-state index contributed by atoms with van der Waals surface area (Å²) in [6.07, 6.45) is 7.66. The molecule has 5 rings (SSSR count). The van der Waals surface area contributed by atoms with E-state index in [-0.39, 0.29) is 0 Å². The lowest BCUT2D eigenvalue weighted by Gasteiger charge is -2.33. The van der Waals surface area contributed by atoms with E-state index in [1.165, 1.54) is 17.7 Å². The monoisotopic (exact) mass is 375 g/mol. The third-order valence-corrected chi connectivity index (χ3v) is 6.76. The number of para-hydroxylation sites is 1. The maximum absolute atomic E-state index is 11.9. The van der Waals surface area contributed by atoms with Gasteiger partial charge < -0.3 is 9.67 Å². The minimum absolute atomic E-state index is 0.394. The highest BCUT2D eigenvalue weighted by Gasteiger charge is 2.41. The van der Waals surface area contributed by atoms with Crippen LogP contribution in [0.5, 0.6) is 0 Å². The molecule has 28 heavy (non-hydrogen) atoms. The van der Waals surface area contributed by atoms with Crippen molar-refractivity contribution in [2.75, 3.05) is 7.05 Å². The predicted octanol–water partition coefficient (Wildman–Crippen LogP) is 3.45. The molecule has 2 aromatic heterocycles. The number of carbonyl (C=O) groups is 1. The van der Waals surface area contributed by atoms with E-state index in [9.17, 15) is 9.90 Å². The van der Waals surface area contributed by atoms with Crippen LogP contribution in [0, 0.1) is 0 Å². The third-order valence-electron chi connectivity index (χ3n) is 6.76. The summed E-state index contributed by atoms with van der Waals surface area (Å²) < 4.78 is 2.22. The summed E-state index contributed by atoms with van der Waals surface area (Å²) in [6.45, 7) is 2.25. The van der Waals surface area contributed by atoms with Crippen molar-refractivity contribution >= 4 is 17.2 Å². The van der Waals surface area contributed by atoms with Crippen LogP contribution in [0.2, 0.25) is 0 Å². The maximum atomic E-state index is 11.9. The van der Waals surface area contributed by atoms with Gasteiger partial charge in [-0.05, 0) is 56.1 Å². The van der Waals surface area contributed by atoms with E-state index >= 15 is 0 Å². The first-order valence-electron chi connectivity index (χ1n) is 9.95. The molecule has 0 spiro atoms. The first-order valence-corrected chi connectivity index (χ1v) is 9.95. The van der Waals surface area contributed by atoms with Gasteiger partial charge in [0.1, 0.15) is 5.60 Å². The van der Waals surface area contributed by atoms with Crippen molar-refractivity contribution in [2.24, 2.45) is 0 Å². The zero-order chi connectivity index (χ0) is 19.5. The quantitative estimate of drug-likeness (QED) is 0.710. The van der Waals surface area contributed by atoms with Gasteiger partial charge in [0.25, 0.3) is 0 Å². The van der Waals surface area contributed by atoms with Gasteiger partial charge in [-0.15, -0.1) is 0 Å². The van der Waals surface area contributed by atoms with Crippen LogP contribution in [0.4, 0.5) is 0 Å². The Morgan fingerprint density at radius 2 is 2.04 bits per heavy atom. The molecule has 1 saturated heterocycles. The zero-order valence-corrected chi connectivity index (χ0v) is 16.3. The van der Waals surface area contributed by atoms with Crippen LogP contribution in [-0.2, 0) is 18.6 Å². The number of aldehydes is 1. The molecule has 4 heterocycles. The minimum Gasteiger partial charge on any atom is -0.384 e. The molecule has 3 atom stereocenters. The van der Waals surface area contributed by atoms with Crippen molar-refractivity contribution in [1.82, 2.24) is 14.5 Å². The number of aliphatic hydroxyl groups is 1. The largest absolute Gasteiger partial charge is 0.384 e. The maximum Gasteiger partial charge on any atom is 0.152 e. The fourth-order valence-corrected chi connectivity index (χ4v) is 5.32. The van der Waals surface area contributed by atoms with Gasteiger partial charge in [0.2, 0.25) is 0 Å². The highest BCUT2D eigenvalue weighted by molar-refractivity contribution is 5.99. The van der Waals surface area contributed by atoms with Crippen LogP contribution < -0.4 is 0 Å². The van der Waals surface area contributed by atoms with Gasteiger partial charge >= 0.3 is 0 Å². The molecule has 1 N–H and O–H groups in total. The molecule has 0 saturated carbocycles. The van der Waals surface area contributed by atoms with Crippen LogP contribution in [0.15, 0.2) is 42.7 Å². The second-order valence-corrected chi connectivity index (χ2v) is 8.43. The van der Waals surface area contributed by atoms with Crippen molar-refractivity contribution in [3.63, 3.8) is 0 Å². The van der Waals surface area contributed by atoms with Gasteiger partial charge in [-0.2, -0.15) is 0 Å². The van der Waals surface area contributed by atoms with E-state index < -0.39 is 5.60 Å². The standard InChI is InChI=1S/C23H25N3O2/c1-23(28,16-8-10-24-11-9-16)14-26-20-12-17-6-7-19(25(17)2)21(20)18-5-3-4-15(13-27)22(18)26/h3-5,8-11,13,17,19,28H,6-7,12,14H2,1-2H3. The first kappa shape index (κ1) is 17.6. The number of hydrogen-bond acceptors (Lipinski definition) is 4. The summed E-state index contributed by atoms with van der Waals surface area (Å²) >= 11 is 0. The van der Waals surface area contributed by atoms with E-state index in [0.29, 0.717) is 24.2 Å². The number of benzene rings is 1. The summed E-state index contributed by atoms with van der Waals surface area (Å²) in [5.74, 6) is 0. The van der Waals surface area contributed by atoms with E-state index in [2.05, 4.69) is 27.6 Å². The Morgan fingerprint density at radius 3 is 2.79 bits per heavy atom. The lowest BCUT2D eigenvalue weighted by molar-refractivity contribution is 0.0380. The Bertz CT molecular complexity index is 1050. The molecule has 3 unspecified atom stereocenters. The smallest absolute Gasteiger partial charge is 0.152 e. The molecule has 144 valence electrons. The second kappa shape index (κ2) is 6.26. The van der Waals surface area contributed by atoms with Gasteiger partial charge in [-0.3, -0.25) is 14.7 Å². The molecule has 2 bridgehead atoms. The number of rotatable bonds is 4. The number of carbonyl (C=O) groups excluding carboxylic acids is 1. The van der Waals surface area contributed by atoms with Crippen molar-refractivity contribution in [2.45, 2.75) is 50.4 Å². The van der Waals surface area contributed by atoms with Gasteiger partial charge in [-0.25, -0.2) is 0 Å². The molecule has 0 amide bonds. The van der Waals surface area contributed by atoms with Gasteiger partial charge in [-0.1, -0.05) is 12.1 Å².